The van der Waals surface area contributed by atoms with Crippen LogP contribution in [0.1, 0.15) is 26.7 Å². The van der Waals surface area contributed by atoms with Crippen molar-refractivity contribution in [2.24, 2.45) is 5.92 Å². The van der Waals surface area contributed by atoms with E-state index in [1.807, 2.05) is 6.92 Å². The Kier molecular flexibility index (Phi) is 4.61. The van der Waals surface area contributed by atoms with Crippen LogP contribution in [0.25, 0.3) is 0 Å². The summed E-state index contributed by atoms with van der Waals surface area (Å²) in [5.74, 6) is 0.318. The van der Waals surface area contributed by atoms with E-state index in [-0.39, 0.29) is 0 Å². The van der Waals surface area contributed by atoms with Crippen LogP contribution in [0.3, 0.4) is 0 Å². The molecule has 0 aliphatic carbocycles. The molecule has 0 amide bonds. The van der Waals surface area contributed by atoms with Crippen LogP contribution in [-0.4, -0.2) is 26.3 Å². The zero-order chi connectivity index (χ0) is 6.57. The second-order valence-corrected chi connectivity index (χ2v) is 3.46. The van der Waals surface area contributed by atoms with Gasteiger partial charge in [-0.3, -0.25) is 0 Å². The van der Waals surface area contributed by atoms with Crippen molar-refractivity contribution in [3.63, 3.8) is 0 Å². The number of rotatable bonds is 3. The molecule has 0 saturated heterocycles. The molecule has 42 valence electrons. The van der Waals surface area contributed by atoms with Crippen molar-refractivity contribution < 1.29 is 4.79 Å². The zero-order valence-corrected chi connectivity index (χ0v) is 8.25. The number of hydrogen-bond acceptors (Lipinski definition) is 1. The molecule has 8 heavy (non-hydrogen) atoms. The van der Waals surface area contributed by atoms with Crippen molar-refractivity contribution >= 4 is 26.3 Å². The van der Waals surface area contributed by atoms with E-state index < -0.39 is 0 Å². The van der Waals surface area contributed by atoms with Crippen LogP contribution < -0.4 is 0 Å². The van der Waals surface area contributed by atoms with E-state index in [1.54, 1.807) is 0 Å². The third-order valence-electron chi connectivity index (χ3n) is 1.17. The van der Waals surface area contributed by atoms with Gasteiger partial charge in [-0.05, 0) is 0 Å². The van der Waals surface area contributed by atoms with Gasteiger partial charge >= 0.3 is 63.7 Å². The molecule has 0 aliphatic rings. The Hall–Kier alpha value is 0.469. The van der Waals surface area contributed by atoms with Gasteiger partial charge in [0.05, 0.1) is 0 Å². The summed E-state index contributed by atoms with van der Waals surface area (Å²) < 4.78 is 0.402. The van der Waals surface area contributed by atoms with Crippen LogP contribution in [-0.2, 0) is 4.79 Å². The van der Waals surface area contributed by atoms with Gasteiger partial charge in [-0.25, -0.2) is 0 Å². The van der Waals surface area contributed by atoms with E-state index in [0.717, 1.165) is 35.4 Å². The Labute approximate surface area is 63.9 Å². The minimum absolute atomic E-state index is 0.318. The van der Waals surface area contributed by atoms with Gasteiger partial charge < -0.3 is 0 Å². The van der Waals surface area contributed by atoms with Gasteiger partial charge in [0.1, 0.15) is 0 Å². The molecule has 1 nitrogen and oxygen atoms in total. The van der Waals surface area contributed by atoms with Gasteiger partial charge in [0.25, 0.3) is 0 Å². The van der Waals surface area contributed by atoms with E-state index in [0.29, 0.717) is 9.72 Å². The molecule has 0 aromatic carbocycles. The second-order valence-electron chi connectivity index (χ2n) is 2.05. The van der Waals surface area contributed by atoms with E-state index in [9.17, 15) is 4.79 Å². The van der Waals surface area contributed by atoms with Crippen LogP contribution >= 0.6 is 0 Å². The average Bonchev–Trinajstić information content (AvgIpc) is 1.67. The Balaban J connectivity index is 3.32. The SMILES string of the molecule is CCCC(C)[C](=O)[Sn+3]. The summed E-state index contributed by atoms with van der Waals surface area (Å²) >= 11 is 1.05. The maximum absolute atomic E-state index is 10.6. The Morgan fingerprint density at radius 3 is 2.38 bits per heavy atom. The molecule has 0 aliphatic heterocycles. The maximum atomic E-state index is 10.6. The Morgan fingerprint density at radius 2 is 2.25 bits per heavy atom. The van der Waals surface area contributed by atoms with Crippen LogP contribution in [0, 0.1) is 5.92 Å². The van der Waals surface area contributed by atoms with Crippen LogP contribution in [0.15, 0.2) is 0 Å². The van der Waals surface area contributed by atoms with Gasteiger partial charge in [0.15, 0.2) is 0 Å². The van der Waals surface area contributed by atoms with Crippen molar-refractivity contribution in [3.8, 4) is 0 Å². The standard InChI is InChI=1S/C6H11O.Sn/c1-3-4-6(2)5-7;/h6H,3-4H2,1-2H3;/q;+3. The van der Waals surface area contributed by atoms with E-state index >= 15 is 0 Å². The molecule has 0 spiro atoms. The van der Waals surface area contributed by atoms with Crippen LogP contribution in [0.4, 0.5) is 0 Å². The normalized spacial score (nSPS) is 13.5. The minimum atomic E-state index is 0.318. The molecule has 0 N–H and O–H groups in total. The van der Waals surface area contributed by atoms with E-state index in [4.69, 9.17) is 0 Å². The first-order valence-electron chi connectivity index (χ1n) is 2.94. The fraction of sp³-hybridized carbons (Fsp3) is 0.833. The van der Waals surface area contributed by atoms with Gasteiger partial charge in [-0.15, -0.1) is 0 Å². The van der Waals surface area contributed by atoms with Gasteiger partial charge in [-0.2, -0.15) is 0 Å². The zero-order valence-electron chi connectivity index (χ0n) is 5.40. The summed E-state index contributed by atoms with van der Waals surface area (Å²) in [5.41, 5.74) is 0. The molecule has 0 saturated carbocycles. The summed E-state index contributed by atoms with van der Waals surface area (Å²) in [6, 6.07) is 0. The second kappa shape index (κ2) is 4.36. The molecule has 0 radical (unpaired) electrons. The summed E-state index contributed by atoms with van der Waals surface area (Å²) in [4.78, 5) is 10.6. The van der Waals surface area contributed by atoms with Crippen LogP contribution in [0.5, 0.6) is 0 Å². The summed E-state index contributed by atoms with van der Waals surface area (Å²) in [6.07, 6.45) is 2.19. The molecule has 2 heteroatoms. The topological polar surface area (TPSA) is 17.1 Å². The van der Waals surface area contributed by atoms with E-state index in [2.05, 4.69) is 6.92 Å². The quantitative estimate of drug-likeness (QED) is 0.648. The fourth-order valence-electron chi connectivity index (χ4n) is 0.564. The first-order chi connectivity index (χ1) is 3.68. The number of carbonyl (C=O) groups is 1. The first kappa shape index (κ1) is 8.47. The molecule has 1 atom stereocenters. The molecule has 0 aromatic rings. The third kappa shape index (κ3) is 3.47. The fourth-order valence-corrected chi connectivity index (χ4v) is 0.976. The van der Waals surface area contributed by atoms with Gasteiger partial charge in [-0.1, -0.05) is 0 Å². The first-order valence-corrected chi connectivity index (χ1v) is 4.36. The monoisotopic (exact) mass is 219 g/mol. The number of hydrogen-bond donors (Lipinski definition) is 0. The number of carbonyl (C=O) groups excluding carboxylic acids is 1. The summed E-state index contributed by atoms with van der Waals surface area (Å²) in [6.45, 7) is 4.11. The van der Waals surface area contributed by atoms with Crippen molar-refractivity contribution in [2.75, 3.05) is 0 Å². The molecule has 1 unspecified atom stereocenters. The molecule has 0 rings (SSSR count). The predicted molar refractivity (Wildman–Crippen MR) is 34.8 cm³/mol. The third-order valence-corrected chi connectivity index (χ3v) is 2.58. The van der Waals surface area contributed by atoms with Gasteiger partial charge in [0, 0.05) is 0 Å². The molecular weight excluding hydrogens is 207 g/mol. The Morgan fingerprint density at radius 1 is 1.75 bits per heavy atom. The van der Waals surface area contributed by atoms with Crippen molar-refractivity contribution in [2.45, 2.75) is 26.7 Å². The average molecular weight is 218 g/mol. The van der Waals surface area contributed by atoms with Crippen molar-refractivity contribution in [3.05, 3.63) is 0 Å². The van der Waals surface area contributed by atoms with Gasteiger partial charge in [0.2, 0.25) is 0 Å². The molecule has 0 fully saturated rings. The van der Waals surface area contributed by atoms with Crippen molar-refractivity contribution in [1.29, 1.82) is 0 Å². The van der Waals surface area contributed by atoms with Crippen molar-refractivity contribution in [1.82, 2.24) is 0 Å². The Bertz CT molecular complexity index is 80.6. The molecule has 0 aromatic heterocycles. The molecule has 0 bridgehead atoms. The van der Waals surface area contributed by atoms with E-state index in [1.165, 1.54) is 0 Å². The summed E-state index contributed by atoms with van der Waals surface area (Å²) in [5, 5.41) is 0. The molecule has 0 heterocycles. The summed E-state index contributed by atoms with van der Waals surface area (Å²) in [7, 11) is 0. The predicted octanol–water partition coefficient (Wildman–Crippen LogP) is 1.12. The van der Waals surface area contributed by atoms with Crippen LogP contribution in [0.2, 0.25) is 0 Å². The molecular formula is C6H11OSn+3.